The molecule has 0 aliphatic carbocycles. The number of hydrogen-bond acceptors (Lipinski definition) is 5. The van der Waals surface area contributed by atoms with Gasteiger partial charge in [-0.2, -0.15) is 0 Å². The molecule has 1 N–H and O–H groups in total. The van der Waals surface area contributed by atoms with Crippen molar-refractivity contribution < 1.29 is 22.7 Å². The minimum Gasteiger partial charge on any atom is -0.495 e. The maximum atomic E-state index is 14.6. The summed E-state index contributed by atoms with van der Waals surface area (Å²) in [5.41, 5.74) is 2.93. The molecule has 2 amide bonds. The standard InChI is InChI=1S/C36H41N3O5S/c1-5-28(3)37-36(41)33(24-29-16-8-6-9-17-29)38(25-30-18-14-15-27(2)23-30)35(40)26-39(32-21-12-13-22-34(32)44-4)45(42,43)31-19-10-7-11-20-31/h6-23,28,33H,5,24-26H2,1-4H3,(H,37,41)/t28-,33+/m0/s1. The molecular formula is C36H41N3O5S. The molecule has 236 valence electrons. The van der Waals surface area contributed by atoms with Crippen LogP contribution in [0.2, 0.25) is 0 Å². The molecule has 8 nitrogen and oxygen atoms in total. The third-order valence-electron chi connectivity index (χ3n) is 7.67. The average molecular weight is 628 g/mol. The number of rotatable bonds is 14. The number of methoxy groups -OCH3 is 1. The van der Waals surface area contributed by atoms with E-state index in [2.05, 4.69) is 5.32 Å². The van der Waals surface area contributed by atoms with E-state index in [0.29, 0.717) is 12.2 Å². The number of sulfonamides is 1. The van der Waals surface area contributed by atoms with Crippen molar-refractivity contribution in [3.63, 3.8) is 0 Å². The van der Waals surface area contributed by atoms with E-state index in [0.717, 1.165) is 21.0 Å². The predicted molar refractivity (Wildman–Crippen MR) is 178 cm³/mol. The average Bonchev–Trinajstić information content (AvgIpc) is 3.05. The van der Waals surface area contributed by atoms with E-state index < -0.39 is 28.5 Å². The van der Waals surface area contributed by atoms with Crippen molar-refractivity contribution in [2.45, 2.75) is 57.1 Å². The molecule has 4 rings (SSSR count). The molecule has 0 aromatic heterocycles. The number of hydrogen-bond donors (Lipinski definition) is 1. The maximum absolute atomic E-state index is 14.6. The number of carbonyl (C=O) groups excluding carboxylic acids is 2. The minimum atomic E-state index is -4.22. The Balaban J connectivity index is 1.83. The summed E-state index contributed by atoms with van der Waals surface area (Å²) >= 11 is 0. The van der Waals surface area contributed by atoms with Crippen molar-refractivity contribution in [1.29, 1.82) is 0 Å². The lowest BCUT2D eigenvalue weighted by Crippen LogP contribution is -2.54. The summed E-state index contributed by atoms with van der Waals surface area (Å²) in [4.78, 5) is 30.1. The van der Waals surface area contributed by atoms with Gasteiger partial charge in [0.25, 0.3) is 10.0 Å². The summed E-state index contributed by atoms with van der Waals surface area (Å²) < 4.78 is 34.9. The number of aryl methyl sites for hydroxylation is 1. The van der Waals surface area contributed by atoms with E-state index in [9.17, 15) is 18.0 Å². The minimum absolute atomic E-state index is 0.0317. The lowest BCUT2D eigenvalue weighted by Gasteiger charge is -2.34. The van der Waals surface area contributed by atoms with Crippen LogP contribution in [-0.2, 0) is 32.6 Å². The zero-order chi connectivity index (χ0) is 32.4. The molecule has 4 aromatic carbocycles. The van der Waals surface area contributed by atoms with Gasteiger partial charge in [0.2, 0.25) is 11.8 Å². The molecule has 45 heavy (non-hydrogen) atoms. The Labute approximate surface area is 266 Å². The first-order valence-electron chi connectivity index (χ1n) is 15.0. The fourth-order valence-electron chi connectivity index (χ4n) is 5.07. The Hall–Kier alpha value is -4.63. The van der Waals surface area contributed by atoms with Crippen LogP contribution >= 0.6 is 0 Å². The lowest BCUT2D eigenvalue weighted by molar-refractivity contribution is -0.140. The van der Waals surface area contributed by atoms with Crippen molar-refractivity contribution in [3.8, 4) is 5.75 Å². The number of nitrogens with zero attached hydrogens (tertiary/aromatic N) is 2. The van der Waals surface area contributed by atoms with E-state index in [-0.39, 0.29) is 35.5 Å². The van der Waals surface area contributed by atoms with Gasteiger partial charge in [0.1, 0.15) is 18.3 Å². The van der Waals surface area contributed by atoms with Crippen LogP contribution in [0.15, 0.2) is 114 Å². The van der Waals surface area contributed by atoms with Crippen molar-refractivity contribution in [3.05, 3.63) is 126 Å². The Morgan fingerprint density at radius 2 is 1.47 bits per heavy atom. The fraction of sp³-hybridized carbons (Fsp3) is 0.278. The monoisotopic (exact) mass is 627 g/mol. The first-order valence-corrected chi connectivity index (χ1v) is 16.5. The molecule has 0 saturated carbocycles. The van der Waals surface area contributed by atoms with Crippen molar-refractivity contribution in [2.75, 3.05) is 18.0 Å². The Bertz CT molecular complexity index is 1680. The normalized spacial score (nSPS) is 12.5. The Morgan fingerprint density at radius 3 is 2.11 bits per heavy atom. The number of amides is 2. The molecule has 4 aromatic rings. The fourth-order valence-corrected chi connectivity index (χ4v) is 6.52. The number of para-hydroxylation sites is 2. The molecule has 0 aliphatic rings. The van der Waals surface area contributed by atoms with Crippen molar-refractivity contribution >= 4 is 27.5 Å². The van der Waals surface area contributed by atoms with Gasteiger partial charge in [-0.25, -0.2) is 8.42 Å². The highest BCUT2D eigenvalue weighted by Gasteiger charge is 2.35. The lowest BCUT2D eigenvalue weighted by atomic mass is 10.0. The van der Waals surface area contributed by atoms with Gasteiger partial charge in [0.15, 0.2) is 0 Å². The van der Waals surface area contributed by atoms with Gasteiger partial charge in [0, 0.05) is 19.0 Å². The third kappa shape index (κ3) is 8.51. The van der Waals surface area contributed by atoms with Gasteiger partial charge >= 0.3 is 0 Å². The summed E-state index contributed by atoms with van der Waals surface area (Å²) in [7, 11) is -2.77. The van der Waals surface area contributed by atoms with E-state index in [1.54, 1.807) is 42.5 Å². The SMILES string of the molecule is CC[C@H](C)NC(=O)[C@@H](Cc1ccccc1)N(Cc1cccc(C)c1)C(=O)CN(c1ccccc1OC)S(=O)(=O)c1ccccc1. The van der Waals surface area contributed by atoms with Crippen LogP contribution in [0.3, 0.4) is 0 Å². The number of benzene rings is 4. The van der Waals surface area contributed by atoms with Gasteiger partial charge < -0.3 is 15.0 Å². The zero-order valence-electron chi connectivity index (χ0n) is 26.2. The van der Waals surface area contributed by atoms with E-state index in [4.69, 9.17) is 4.74 Å². The molecule has 0 heterocycles. The summed E-state index contributed by atoms with van der Waals surface area (Å²) in [5, 5.41) is 3.06. The quantitative estimate of drug-likeness (QED) is 0.192. The van der Waals surface area contributed by atoms with E-state index >= 15 is 0 Å². The highest BCUT2D eigenvalue weighted by atomic mass is 32.2. The third-order valence-corrected chi connectivity index (χ3v) is 9.45. The molecule has 0 aliphatic heterocycles. The summed E-state index contributed by atoms with van der Waals surface area (Å²) in [6, 6.07) is 30.9. The summed E-state index contributed by atoms with van der Waals surface area (Å²) in [5.74, 6) is -0.531. The summed E-state index contributed by atoms with van der Waals surface area (Å²) in [6.45, 7) is 5.41. The zero-order valence-corrected chi connectivity index (χ0v) is 27.0. The molecule has 0 fully saturated rings. The molecule has 0 bridgehead atoms. The smallest absolute Gasteiger partial charge is 0.264 e. The van der Waals surface area contributed by atoms with Crippen LogP contribution in [0.5, 0.6) is 5.75 Å². The van der Waals surface area contributed by atoms with Crippen molar-refractivity contribution in [1.82, 2.24) is 10.2 Å². The predicted octanol–water partition coefficient (Wildman–Crippen LogP) is 5.75. The second-order valence-electron chi connectivity index (χ2n) is 11.0. The van der Waals surface area contributed by atoms with Gasteiger partial charge in [-0.15, -0.1) is 0 Å². The molecule has 0 unspecified atom stereocenters. The van der Waals surface area contributed by atoms with Crippen LogP contribution in [0, 0.1) is 6.92 Å². The number of carbonyl (C=O) groups is 2. The topological polar surface area (TPSA) is 96.0 Å². The second kappa shape index (κ2) is 15.4. The van der Waals surface area contributed by atoms with E-state index in [1.165, 1.54) is 24.1 Å². The van der Waals surface area contributed by atoms with Gasteiger partial charge in [0.05, 0.1) is 17.7 Å². The highest BCUT2D eigenvalue weighted by Crippen LogP contribution is 2.32. The molecule has 0 saturated heterocycles. The second-order valence-corrected chi connectivity index (χ2v) is 12.9. The largest absolute Gasteiger partial charge is 0.495 e. The number of anilines is 1. The molecule has 2 atom stereocenters. The maximum Gasteiger partial charge on any atom is 0.264 e. The Kier molecular flexibility index (Phi) is 11.4. The van der Waals surface area contributed by atoms with Crippen molar-refractivity contribution in [2.24, 2.45) is 0 Å². The van der Waals surface area contributed by atoms with Gasteiger partial charge in [-0.3, -0.25) is 13.9 Å². The highest BCUT2D eigenvalue weighted by molar-refractivity contribution is 7.92. The van der Waals surface area contributed by atoms with Gasteiger partial charge in [-0.1, -0.05) is 97.4 Å². The molecule has 9 heteroatoms. The first kappa shape index (κ1) is 33.3. The van der Waals surface area contributed by atoms with E-state index in [1.807, 2.05) is 75.4 Å². The molecule has 0 spiro atoms. The van der Waals surface area contributed by atoms with Crippen LogP contribution in [0.4, 0.5) is 5.69 Å². The number of nitrogens with one attached hydrogen (secondary N) is 1. The van der Waals surface area contributed by atoms with Crippen LogP contribution in [-0.4, -0.2) is 50.9 Å². The van der Waals surface area contributed by atoms with Crippen LogP contribution in [0.25, 0.3) is 0 Å². The molecule has 0 radical (unpaired) electrons. The Morgan fingerprint density at radius 1 is 0.844 bits per heavy atom. The van der Waals surface area contributed by atoms with Crippen LogP contribution < -0.4 is 14.4 Å². The number of ether oxygens (including phenoxy) is 1. The molecular weight excluding hydrogens is 586 g/mol. The van der Waals surface area contributed by atoms with Gasteiger partial charge in [-0.05, 0) is 55.7 Å². The summed E-state index contributed by atoms with van der Waals surface area (Å²) in [6.07, 6.45) is 0.966. The first-order chi connectivity index (χ1) is 21.6. The van der Waals surface area contributed by atoms with Crippen LogP contribution in [0.1, 0.15) is 37.0 Å².